The zero-order valence-corrected chi connectivity index (χ0v) is 15.5. The maximum absolute atomic E-state index is 5.75. The number of ether oxygens (including phenoxy) is 3. The van der Waals surface area contributed by atoms with Gasteiger partial charge in [-0.05, 0) is 43.5 Å². The van der Waals surface area contributed by atoms with Crippen molar-refractivity contribution >= 4 is 0 Å². The summed E-state index contributed by atoms with van der Waals surface area (Å²) in [6.07, 6.45) is 0.179. The van der Waals surface area contributed by atoms with Crippen LogP contribution in [0.1, 0.15) is 44.7 Å². The van der Waals surface area contributed by atoms with E-state index in [1.807, 2.05) is 38.1 Å². The summed E-state index contributed by atoms with van der Waals surface area (Å²) in [6.45, 7) is 8.53. The van der Waals surface area contributed by atoms with Gasteiger partial charge in [0.15, 0.2) is 0 Å². The molecule has 0 saturated heterocycles. The van der Waals surface area contributed by atoms with E-state index in [0.29, 0.717) is 5.92 Å². The largest absolute Gasteiger partial charge is 0.497 e. The monoisotopic (exact) mass is 328 g/mol. The minimum absolute atomic E-state index is 0.179. The van der Waals surface area contributed by atoms with Gasteiger partial charge in [-0.15, -0.1) is 0 Å². The summed E-state index contributed by atoms with van der Waals surface area (Å²) in [5.41, 5.74) is 2.43. The van der Waals surface area contributed by atoms with E-state index in [2.05, 4.69) is 32.0 Å². The van der Waals surface area contributed by atoms with Gasteiger partial charge in [-0.3, -0.25) is 0 Å². The smallest absolute Gasteiger partial charge is 0.126 e. The molecule has 0 saturated carbocycles. The Bertz CT molecular complexity index is 645. The molecule has 2 aromatic carbocycles. The average molecular weight is 328 g/mol. The van der Waals surface area contributed by atoms with E-state index in [1.165, 1.54) is 11.1 Å². The molecule has 0 aliphatic carbocycles. The summed E-state index contributed by atoms with van der Waals surface area (Å²) in [6, 6.07) is 14.4. The third-order valence-corrected chi connectivity index (χ3v) is 4.05. The quantitative estimate of drug-likeness (QED) is 0.692. The van der Waals surface area contributed by atoms with Crippen LogP contribution in [0.2, 0.25) is 0 Å². The SMILES string of the molecule is COc1ccc(C(c2ccc(OC(C)C)cc2)C(C)C)c(OC)c1. The minimum atomic E-state index is 0.179. The van der Waals surface area contributed by atoms with E-state index in [0.717, 1.165) is 17.2 Å². The molecular weight excluding hydrogens is 300 g/mol. The lowest BCUT2D eigenvalue weighted by Crippen LogP contribution is -2.11. The maximum atomic E-state index is 5.75. The molecule has 1 unspecified atom stereocenters. The van der Waals surface area contributed by atoms with Gasteiger partial charge in [-0.25, -0.2) is 0 Å². The molecule has 2 aromatic rings. The van der Waals surface area contributed by atoms with Gasteiger partial charge in [0.1, 0.15) is 17.2 Å². The second kappa shape index (κ2) is 8.09. The molecule has 130 valence electrons. The summed E-state index contributed by atoms with van der Waals surface area (Å²) >= 11 is 0. The van der Waals surface area contributed by atoms with Crippen LogP contribution in [0.4, 0.5) is 0 Å². The van der Waals surface area contributed by atoms with Crippen LogP contribution >= 0.6 is 0 Å². The molecule has 1 atom stereocenters. The fourth-order valence-electron chi connectivity index (χ4n) is 3.02. The Morgan fingerprint density at radius 2 is 1.38 bits per heavy atom. The summed E-state index contributed by atoms with van der Waals surface area (Å²) in [4.78, 5) is 0. The molecule has 3 nitrogen and oxygen atoms in total. The van der Waals surface area contributed by atoms with Gasteiger partial charge >= 0.3 is 0 Å². The van der Waals surface area contributed by atoms with Crippen LogP contribution in [-0.4, -0.2) is 20.3 Å². The van der Waals surface area contributed by atoms with Crippen molar-refractivity contribution in [2.24, 2.45) is 5.92 Å². The molecule has 0 bridgehead atoms. The van der Waals surface area contributed by atoms with Gasteiger partial charge in [0.25, 0.3) is 0 Å². The van der Waals surface area contributed by atoms with E-state index < -0.39 is 0 Å². The predicted octanol–water partition coefficient (Wildman–Crippen LogP) is 5.28. The van der Waals surface area contributed by atoms with E-state index in [9.17, 15) is 0 Å². The highest BCUT2D eigenvalue weighted by molar-refractivity contribution is 5.47. The standard InChI is InChI=1S/C21H28O3/c1-14(2)21(16-7-9-17(10-8-16)24-15(3)4)19-12-11-18(22-5)13-20(19)23-6/h7-15,21H,1-6H3. The van der Waals surface area contributed by atoms with E-state index in [4.69, 9.17) is 14.2 Å². The second-order valence-corrected chi connectivity index (χ2v) is 6.57. The number of benzene rings is 2. The first-order chi connectivity index (χ1) is 11.5. The highest BCUT2D eigenvalue weighted by Gasteiger charge is 2.22. The van der Waals surface area contributed by atoms with Gasteiger partial charge in [0, 0.05) is 17.5 Å². The molecule has 0 amide bonds. The van der Waals surface area contributed by atoms with Gasteiger partial charge in [-0.2, -0.15) is 0 Å². The topological polar surface area (TPSA) is 27.7 Å². The van der Waals surface area contributed by atoms with Crippen LogP contribution in [0, 0.1) is 5.92 Å². The van der Waals surface area contributed by atoms with Crippen molar-refractivity contribution in [3.8, 4) is 17.2 Å². The van der Waals surface area contributed by atoms with E-state index >= 15 is 0 Å². The lowest BCUT2D eigenvalue weighted by molar-refractivity contribution is 0.242. The maximum Gasteiger partial charge on any atom is 0.126 e. The Kier molecular flexibility index (Phi) is 6.13. The van der Waals surface area contributed by atoms with Crippen molar-refractivity contribution < 1.29 is 14.2 Å². The lowest BCUT2D eigenvalue weighted by atomic mass is 9.82. The number of methoxy groups -OCH3 is 2. The van der Waals surface area contributed by atoms with Crippen LogP contribution in [0.25, 0.3) is 0 Å². The van der Waals surface area contributed by atoms with Crippen LogP contribution < -0.4 is 14.2 Å². The Balaban J connectivity index is 2.39. The van der Waals surface area contributed by atoms with Gasteiger partial charge in [-0.1, -0.05) is 32.0 Å². The molecule has 0 aliphatic heterocycles. The molecule has 0 heterocycles. The summed E-state index contributed by atoms with van der Waals surface area (Å²) in [5.74, 6) is 3.25. The number of hydrogen-bond donors (Lipinski definition) is 0. The number of rotatable bonds is 7. The predicted molar refractivity (Wildman–Crippen MR) is 98.4 cm³/mol. The van der Waals surface area contributed by atoms with Gasteiger partial charge in [0.05, 0.1) is 20.3 Å². The fraction of sp³-hybridized carbons (Fsp3) is 0.429. The molecule has 2 rings (SSSR count). The molecule has 3 heteroatoms. The molecule has 0 radical (unpaired) electrons. The van der Waals surface area contributed by atoms with Crippen molar-refractivity contribution in [1.29, 1.82) is 0 Å². The third-order valence-electron chi connectivity index (χ3n) is 4.05. The van der Waals surface area contributed by atoms with Crippen LogP contribution in [0.3, 0.4) is 0 Å². The second-order valence-electron chi connectivity index (χ2n) is 6.57. The van der Waals surface area contributed by atoms with Crippen molar-refractivity contribution in [2.75, 3.05) is 14.2 Å². The van der Waals surface area contributed by atoms with Crippen LogP contribution in [0.5, 0.6) is 17.2 Å². The summed E-state index contributed by atoms with van der Waals surface area (Å²) in [5, 5.41) is 0. The minimum Gasteiger partial charge on any atom is -0.497 e. The van der Waals surface area contributed by atoms with E-state index in [-0.39, 0.29) is 12.0 Å². The Labute approximate surface area is 145 Å². The normalized spacial score (nSPS) is 12.3. The van der Waals surface area contributed by atoms with E-state index in [1.54, 1.807) is 14.2 Å². The van der Waals surface area contributed by atoms with Crippen molar-refractivity contribution in [1.82, 2.24) is 0 Å². The first-order valence-corrected chi connectivity index (χ1v) is 8.44. The molecule has 0 aromatic heterocycles. The first-order valence-electron chi connectivity index (χ1n) is 8.44. The fourth-order valence-corrected chi connectivity index (χ4v) is 3.02. The highest BCUT2D eigenvalue weighted by Crippen LogP contribution is 2.39. The van der Waals surface area contributed by atoms with Crippen LogP contribution in [0.15, 0.2) is 42.5 Å². The molecule has 0 N–H and O–H groups in total. The van der Waals surface area contributed by atoms with Crippen molar-refractivity contribution in [3.63, 3.8) is 0 Å². The lowest BCUT2D eigenvalue weighted by Gasteiger charge is -2.24. The molecule has 0 aliphatic rings. The average Bonchev–Trinajstić information content (AvgIpc) is 2.56. The molecular formula is C21H28O3. The van der Waals surface area contributed by atoms with Gasteiger partial charge < -0.3 is 14.2 Å². The summed E-state index contributed by atoms with van der Waals surface area (Å²) < 4.78 is 16.7. The van der Waals surface area contributed by atoms with Crippen molar-refractivity contribution in [2.45, 2.75) is 39.7 Å². The Morgan fingerprint density at radius 3 is 1.88 bits per heavy atom. The highest BCUT2D eigenvalue weighted by atomic mass is 16.5. The third kappa shape index (κ3) is 4.22. The van der Waals surface area contributed by atoms with Crippen molar-refractivity contribution in [3.05, 3.63) is 53.6 Å². The van der Waals surface area contributed by atoms with Gasteiger partial charge in [0.2, 0.25) is 0 Å². The first kappa shape index (κ1) is 18.2. The zero-order valence-electron chi connectivity index (χ0n) is 15.5. The Hall–Kier alpha value is -2.16. The molecule has 0 fully saturated rings. The number of hydrogen-bond acceptors (Lipinski definition) is 3. The molecule has 24 heavy (non-hydrogen) atoms. The summed E-state index contributed by atoms with van der Waals surface area (Å²) in [7, 11) is 3.37. The van der Waals surface area contributed by atoms with Crippen LogP contribution in [-0.2, 0) is 0 Å². The Morgan fingerprint density at radius 1 is 0.750 bits per heavy atom. The molecule has 0 spiro atoms. The zero-order chi connectivity index (χ0) is 17.7.